The van der Waals surface area contributed by atoms with Crippen molar-refractivity contribution in [2.24, 2.45) is 16.8 Å². The Hall–Kier alpha value is -3.49. The van der Waals surface area contributed by atoms with Crippen molar-refractivity contribution in [3.05, 3.63) is 83.7 Å². The average Bonchev–Trinajstić information content (AvgIpc) is 3.25. The predicted molar refractivity (Wildman–Crippen MR) is 147 cm³/mol. The monoisotopic (exact) mass is 517 g/mol. The minimum Gasteiger partial charge on any atom is -0.478 e. The third-order valence-corrected chi connectivity index (χ3v) is 9.34. The van der Waals surface area contributed by atoms with Gasteiger partial charge >= 0.3 is 5.97 Å². The summed E-state index contributed by atoms with van der Waals surface area (Å²) < 4.78 is 5.98. The van der Waals surface area contributed by atoms with Gasteiger partial charge in [-0.3, -0.25) is 9.78 Å². The number of pyridine rings is 1. The summed E-state index contributed by atoms with van der Waals surface area (Å²) in [6.45, 7) is 1.42. The van der Waals surface area contributed by atoms with E-state index in [-0.39, 0.29) is 16.9 Å². The SMILES string of the molecule is C[SH]1C(C2CCC(COCc3ccccc3)CC2)=Nc2cc(C(=O)O)c(NC(=O)c3ccccn3)cc21. The summed E-state index contributed by atoms with van der Waals surface area (Å²) in [6.07, 6.45) is 8.04. The second-order valence-corrected chi connectivity index (χ2v) is 11.7. The molecule has 0 bridgehead atoms. The molecule has 1 aliphatic heterocycles. The van der Waals surface area contributed by atoms with Crippen LogP contribution in [0.3, 0.4) is 0 Å². The summed E-state index contributed by atoms with van der Waals surface area (Å²) in [6, 6.07) is 18.7. The Morgan fingerprint density at radius 1 is 1.05 bits per heavy atom. The number of anilines is 1. The molecule has 2 aromatic carbocycles. The molecule has 7 nitrogen and oxygen atoms in total. The van der Waals surface area contributed by atoms with Crippen LogP contribution in [-0.4, -0.2) is 39.9 Å². The second-order valence-electron chi connectivity index (χ2n) is 9.61. The first kappa shape index (κ1) is 25.2. The minimum atomic E-state index is -1.10. The highest BCUT2D eigenvalue weighted by Gasteiger charge is 2.32. The standard InChI is InChI=1S/C29H31N3O4S/c1-37-26-16-24(31-27(33)23-9-5-6-14-30-23)22(29(34)35)15-25(26)32-28(37)21-12-10-20(11-13-21)18-36-17-19-7-3-2-4-8-19/h2-9,14-16,20-21,37H,10-13,17-18H2,1H3,(H,31,33)(H,34,35). The lowest BCUT2D eigenvalue weighted by molar-refractivity contribution is 0.0698. The number of benzene rings is 2. The van der Waals surface area contributed by atoms with E-state index in [1.165, 1.54) is 16.8 Å². The lowest BCUT2D eigenvalue weighted by Crippen LogP contribution is -2.23. The number of aromatic nitrogens is 1. The largest absolute Gasteiger partial charge is 0.478 e. The first-order valence-electron chi connectivity index (χ1n) is 12.6. The molecule has 1 fully saturated rings. The van der Waals surface area contributed by atoms with Gasteiger partial charge in [0.25, 0.3) is 5.91 Å². The lowest BCUT2D eigenvalue weighted by atomic mass is 9.83. The van der Waals surface area contributed by atoms with Gasteiger partial charge in [0.15, 0.2) is 0 Å². The van der Waals surface area contributed by atoms with E-state index >= 15 is 0 Å². The summed E-state index contributed by atoms with van der Waals surface area (Å²) in [5.74, 6) is -0.581. The van der Waals surface area contributed by atoms with Gasteiger partial charge in [-0.05, 0) is 67.7 Å². The molecule has 1 amide bonds. The molecule has 8 heteroatoms. The maximum Gasteiger partial charge on any atom is 0.337 e. The highest BCUT2D eigenvalue weighted by Crippen LogP contribution is 2.53. The van der Waals surface area contributed by atoms with Crippen molar-refractivity contribution in [2.45, 2.75) is 37.2 Å². The van der Waals surface area contributed by atoms with E-state index in [4.69, 9.17) is 9.73 Å². The Bertz CT molecular complexity index is 1310. The van der Waals surface area contributed by atoms with E-state index < -0.39 is 22.8 Å². The molecule has 1 aromatic heterocycles. The Morgan fingerprint density at radius 2 is 1.81 bits per heavy atom. The molecule has 0 radical (unpaired) electrons. The van der Waals surface area contributed by atoms with E-state index in [2.05, 4.69) is 28.7 Å². The number of carbonyl (C=O) groups excluding carboxylic acids is 1. The molecular formula is C29H31N3O4S. The van der Waals surface area contributed by atoms with Crippen molar-refractivity contribution < 1.29 is 19.4 Å². The summed E-state index contributed by atoms with van der Waals surface area (Å²) >= 11 is 0. The normalized spacial score (nSPS) is 21.6. The maximum absolute atomic E-state index is 12.7. The highest BCUT2D eigenvalue weighted by atomic mass is 32.2. The molecule has 2 aliphatic rings. The lowest BCUT2D eigenvalue weighted by Gasteiger charge is -2.30. The van der Waals surface area contributed by atoms with Gasteiger partial charge in [0, 0.05) is 23.6 Å². The van der Waals surface area contributed by atoms with Crippen molar-refractivity contribution in [3.63, 3.8) is 0 Å². The molecule has 1 unspecified atom stereocenters. The Labute approximate surface area is 219 Å². The van der Waals surface area contributed by atoms with Gasteiger partial charge < -0.3 is 15.2 Å². The zero-order chi connectivity index (χ0) is 25.8. The third-order valence-electron chi connectivity index (χ3n) is 7.11. The van der Waals surface area contributed by atoms with Gasteiger partial charge in [0.05, 0.1) is 28.6 Å². The van der Waals surface area contributed by atoms with Crippen molar-refractivity contribution in [1.82, 2.24) is 4.98 Å². The first-order valence-corrected chi connectivity index (χ1v) is 14.4. The summed E-state index contributed by atoms with van der Waals surface area (Å²) in [5, 5.41) is 13.7. The number of nitrogens with zero attached hydrogens (tertiary/aromatic N) is 2. The van der Waals surface area contributed by atoms with Crippen LogP contribution in [0.4, 0.5) is 11.4 Å². The number of rotatable bonds is 8. The molecule has 0 saturated heterocycles. The van der Waals surface area contributed by atoms with Gasteiger partial charge in [-0.1, -0.05) is 36.4 Å². The number of thiol groups is 1. The van der Waals surface area contributed by atoms with Gasteiger partial charge in [-0.25, -0.2) is 9.79 Å². The fourth-order valence-electron chi connectivity index (χ4n) is 5.09. The van der Waals surface area contributed by atoms with Crippen molar-refractivity contribution in [2.75, 3.05) is 18.2 Å². The molecule has 1 saturated carbocycles. The molecule has 2 N–H and O–H groups in total. The number of carboxylic acids is 1. The molecule has 1 aliphatic carbocycles. The fraction of sp³-hybridized carbons (Fsp3) is 0.310. The zero-order valence-corrected chi connectivity index (χ0v) is 21.7. The summed E-state index contributed by atoms with van der Waals surface area (Å²) in [5.41, 5.74) is 2.47. The van der Waals surface area contributed by atoms with Crippen LogP contribution in [0.25, 0.3) is 0 Å². The molecule has 5 rings (SSSR count). The van der Waals surface area contributed by atoms with E-state index in [1.807, 2.05) is 18.2 Å². The summed E-state index contributed by atoms with van der Waals surface area (Å²) in [4.78, 5) is 34.7. The first-order chi connectivity index (χ1) is 18.0. The Balaban J connectivity index is 1.23. The molecular weight excluding hydrogens is 486 g/mol. The van der Waals surface area contributed by atoms with Crippen molar-refractivity contribution >= 4 is 39.2 Å². The number of hydrogen-bond acceptors (Lipinski definition) is 5. The number of ether oxygens (including phenoxy) is 1. The van der Waals surface area contributed by atoms with E-state index in [1.54, 1.807) is 30.3 Å². The Kier molecular flexibility index (Phi) is 7.67. The molecule has 192 valence electrons. The second kappa shape index (κ2) is 11.3. The number of carbonyl (C=O) groups is 2. The number of nitrogens with one attached hydrogen (secondary N) is 1. The smallest absolute Gasteiger partial charge is 0.337 e. The highest BCUT2D eigenvalue weighted by molar-refractivity contribution is 8.30. The van der Waals surface area contributed by atoms with Crippen LogP contribution in [-0.2, 0) is 11.3 Å². The van der Waals surface area contributed by atoms with Crippen LogP contribution < -0.4 is 5.32 Å². The van der Waals surface area contributed by atoms with Crippen LogP contribution in [0.2, 0.25) is 0 Å². The van der Waals surface area contributed by atoms with Gasteiger partial charge in [0.2, 0.25) is 0 Å². The van der Waals surface area contributed by atoms with Gasteiger partial charge in [-0.2, -0.15) is 10.9 Å². The van der Waals surface area contributed by atoms with Crippen molar-refractivity contribution in [1.29, 1.82) is 0 Å². The van der Waals surface area contributed by atoms with Crippen LogP contribution in [0.15, 0.2) is 76.7 Å². The number of aromatic carboxylic acids is 1. The molecule has 0 spiro atoms. The zero-order valence-electron chi connectivity index (χ0n) is 20.8. The van der Waals surface area contributed by atoms with Gasteiger partial charge in [-0.15, -0.1) is 0 Å². The number of hydrogen-bond donors (Lipinski definition) is 3. The molecule has 1 atom stereocenters. The number of amides is 1. The van der Waals surface area contributed by atoms with Crippen LogP contribution in [0.1, 0.15) is 52.1 Å². The predicted octanol–water partition coefficient (Wildman–Crippen LogP) is 6.09. The van der Waals surface area contributed by atoms with Gasteiger partial charge in [0.1, 0.15) is 5.69 Å². The average molecular weight is 518 g/mol. The Morgan fingerprint density at radius 3 is 2.51 bits per heavy atom. The minimum absolute atomic E-state index is 0.0377. The van der Waals surface area contributed by atoms with E-state index in [0.717, 1.165) is 37.2 Å². The summed E-state index contributed by atoms with van der Waals surface area (Å²) in [7, 11) is -0.691. The number of aliphatic imine (C=N–C) groups is 1. The molecule has 37 heavy (non-hydrogen) atoms. The molecule has 3 aromatic rings. The van der Waals surface area contributed by atoms with E-state index in [0.29, 0.717) is 24.1 Å². The van der Waals surface area contributed by atoms with Crippen LogP contribution >= 0.6 is 10.9 Å². The van der Waals surface area contributed by atoms with E-state index in [9.17, 15) is 14.7 Å². The fourth-order valence-corrected chi connectivity index (χ4v) is 7.18. The topological polar surface area (TPSA) is 101 Å². The van der Waals surface area contributed by atoms with Crippen LogP contribution in [0, 0.1) is 11.8 Å². The van der Waals surface area contributed by atoms with Crippen LogP contribution in [0.5, 0.6) is 0 Å². The maximum atomic E-state index is 12.7. The quantitative estimate of drug-likeness (QED) is 0.314. The number of fused-ring (bicyclic) bond motifs is 1. The number of carboxylic acid groups (broad SMARTS) is 1. The molecule has 2 heterocycles. The third kappa shape index (κ3) is 5.76. The van der Waals surface area contributed by atoms with Crippen molar-refractivity contribution in [3.8, 4) is 0 Å².